The van der Waals surface area contributed by atoms with Crippen LogP contribution in [-0.2, 0) is 18.8 Å². The second-order valence-corrected chi connectivity index (χ2v) is 20.3. The van der Waals surface area contributed by atoms with Gasteiger partial charge in [0, 0.05) is 40.5 Å². The van der Waals surface area contributed by atoms with E-state index in [-0.39, 0.29) is 6.79 Å². The van der Waals surface area contributed by atoms with Crippen molar-refractivity contribution < 1.29 is 28.3 Å². The van der Waals surface area contributed by atoms with Crippen LogP contribution in [-0.4, -0.2) is 45.1 Å². The molecule has 3 heterocycles. The summed E-state index contributed by atoms with van der Waals surface area (Å²) in [6.45, 7) is 41.3. The van der Waals surface area contributed by atoms with Crippen molar-refractivity contribution in [3.8, 4) is 33.8 Å². The standard InChI is InChI=1S/C28H43BO4S.C22H32O2S/c1-12-30-16-31-25-23(15-34-26(25)29-32-27(8,9)28(10,11)33-29)24-21(18(4)5)13-20(17(2)3)14-22(24)19(6)7;1-8-23-13-24-21-12-25-11-20(21)22-18(15(4)5)9-17(14(2)3)10-19(22)16(6)7/h13-15,17-19H,12,16H2,1-11H3;9-12,14-16H,8,13H2,1-7H3. The summed E-state index contributed by atoms with van der Waals surface area (Å²) in [6.07, 6.45) is 0. The Kier molecular flexibility index (Phi) is 17.4. The van der Waals surface area contributed by atoms with Gasteiger partial charge in [-0.15, -0.1) is 22.7 Å². The van der Waals surface area contributed by atoms with Crippen molar-refractivity contribution in [3.63, 3.8) is 0 Å². The third-order valence-electron chi connectivity index (χ3n) is 11.7. The maximum atomic E-state index is 6.42. The number of hydrogen-bond acceptors (Lipinski definition) is 8. The number of benzene rings is 2. The normalized spacial score (nSPS) is 15.0. The van der Waals surface area contributed by atoms with E-state index in [9.17, 15) is 0 Å². The van der Waals surface area contributed by atoms with Crippen LogP contribution in [0.25, 0.3) is 22.3 Å². The highest BCUT2D eigenvalue weighted by atomic mass is 32.1. The first-order valence-corrected chi connectivity index (χ1v) is 23.8. The summed E-state index contributed by atoms with van der Waals surface area (Å²) in [5.74, 6) is 4.44. The van der Waals surface area contributed by atoms with Crippen molar-refractivity contribution in [1.29, 1.82) is 0 Å². The van der Waals surface area contributed by atoms with E-state index >= 15 is 0 Å². The quantitative estimate of drug-likeness (QED) is 0.0599. The van der Waals surface area contributed by atoms with Crippen molar-refractivity contribution in [2.45, 2.75) is 171 Å². The fourth-order valence-electron chi connectivity index (χ4n) is 7.28. The summed E-state index contributed by atoms with van der Waals surface area (Å²) < 4.78 is 37.0. The van der Waals surface area contributed by atoms with Crippen LogP contribution in [0.5, 0.6) is 11.5 Å². The molecule has 2 aromatic carbocycles. The monoisotopic (exact) mass is 847 g/mol. The molecule has 59 heavy (non-hydrogen) atoms. The molecular formula is C50H75BO6S2. The molecular weight excluding hydrogens is 771 g/mol. The average Bonchev–Trinajstić information content (AvgIpc) is 3.85. The molecule has 1 saturated heterocycles. The number of hydrogen-bond donors (Lipinski definition) is 0. The molecule has 6 nitrogen and oxygen atoms in total. The van der Waals surface area contributed by atoms with Gasteiger partial charge < -0.3 is 28.3 Å². The molecule has 1 aliphatic heterocycles. The van der Waals surface area contributed by atoms with Crippen LogP contribution in [0.15, 0.2) is 40.4 Å². The zero-order chi connectivity index (χ0) is 44.0. The predicted molar refractivity (Wildman–Crippen MR) is 254 cm³/mol. The lowest BCUT2D eigenvalue weighted by Gasteiger charge is -2.32. The molecule has 0 unspecified atom stereocenters. The van der Waals surface area contributed by atoms with E-state index in [1.807, 2.05) is 13.8 Å². The molecule has 0 radical (unpaired) electrons. The minimum absolute atomic E-state index is 0.199. The SMILES string of the molecule is CCOCOc1c(-c2c(C(C)C)cc(C(C)C)cc2C(C)C)csc1B1OC(C)(C)C(C)(C)O1.CCOCOc1cscc1-c1c(C(C)C)cc(C(C)C)cc1C(C)C. The molecule has 0 aliphatic carbocycles. The highest BCUT2D eigenvalue weighted by molar-refractivity contribution is 7.21. The fourth-order valence-corrected chi connectivity index (χ4v) is 8.99. The van der Waals surface area contributed by atoms with Crippen molar-refractivity contribution in [2.75, 3.05) is 26.8 Å². The second-order valence-electron chi connectivity index (χ2n) is 18.7. The lowest BCUT2D eigenvalue weighted by atomic mass is 9.80. The van der Waals surface area contributed by atoms with Crippen molar-refractivity contribution in [2.24, 2.45) is 0 Å². The van der Waals surface area contributed by atoms with E-state index in [1.54, 1.807) is 22.7 Å². The van der Waals surface area contributed by atoms with Crippen molar-refractivity contribution >= 4 is 34.6 Å². The van der Waals surface area contributed by atoms with Gasteiger partial charge in [0.1, 0.15) is 11.5 Å². The van der Waals surface area contributed by atoms with Crippen molar-refractivity contribution in [3.05, 3.63) is 73.8 Å². The molecule has 0 saturated carbocycles. The molecule has 0 amide bonds. The molecule has 0 bridgehead atoms. The topological polar surface area (TPSA) is 55.4 Å². The zero-order valence-electron chi connectivity index (χ0n) is 39.7. The molecule has 1 aliphatic rings. The van der Waals surface area contributed by atoms with Crippen LogP contribution >= 0.6 is 22.7 Å². The van der Waals surface area contributed by atoms with Gasteiger partial charge in [-0.25, -0.2) is 0 Å². The summed E-state index contributed by atoms with van der Waals surface area (Å²) in [7, 11) is -0.472. The van der Waals surface area contributed by atoms with Gasteiger partial charge in [0.15, 0.2) is 13.6 Å². The van der Waals surface area contributed by atoms with Gasteiger partial charge >= 0.3 is 7.12 Å². The van der Waals surface area contributed by atoms with Crippen molar-refractivity contribution in [1.82, 2.24) is 0 Å². The van der Waals surface area contributed by atoms with E-state index in [2.05, 4.69) is 151 Å². The van der Waals surface area contributed by atoms with Gasteiger partial charge in [0.2, 0.25) is 0 Å². The van der Waals surface area contributed by atoms with E-state index in [4.69, 9.17) is 28.3 Å². The van der Waals surface area contributed by atoms with Gasteiger partial charge in [-0.05, 0) is 122 Å². The van der Waals surface area contributed by atoms with Crippen LogP contribution in [0.4, 0.5) is 0 Å². The van der Waals surface area contributed by atoms with Crippen LogP contribution in [0.2, 0.25) is 0 Å². The van der Waals surface area contributed by atoms with Gasteiger partial charge in [0.05, 0.1) is 16.0 Å². The third kappa shape index (κ3) is 11.4. The molecule has 326 valence electrons. The number of rotatable bonds is 17. The highest BCUT2D eigenvalue weighted by Gasteiger charge is 2.53. The first kappa shape index (κ1) is 49.0. The Morgan fingerprint density at radius 1 is 0.542 bits per heavy atom. The summed E-state index contributed by atoms with van der Waals surface area (Å²) >= 11 is 3.34. The summed E-state index contributed by atoms with van der Waals surface area (Å²) in [5, 5.41) is 6.51. The first-order valence-electron chi connectivity index (χ1n) is 22.0. The van der Waals surface area contributed by atoms with Crippen LogP contribution in [0.3, 0.4) is 0 Å². The summed E-state index contributed by atoms with van der Waals surface area (Å²) in [5.41, 5.74) is 12.4. The highest BCUT2D eigenvalue weighted by Crippen LogP contribution is 2.46. The molecule has 2 aromatic heterocycles. The Labute approximate surface area is 366 Å². The minimum atomic E-state index is -0.472. The number of ether oxygens (including phenoxy) is 4. The third-order valence-corrected chi connectivity index (χ3v) is 13.4. The zero-order valence-corrected chi connectivity index (χ0v) is 41.3. The molecule has 4 aromatic rings. The molecule has 0 N–H and O–H groups in total. The van der Waals surface area contributed by atoms with Gasteiger partial charge in [0.25, 0.3) is 0 Å². The maximum Gasteiger partial charge on any atom is 0.509 e. The Morgan fingerprint density at radius 2 is 0.949 bits per heavy atom. The van der Waals surface area contributed by atoms with Crippen LogP contribution < -0.4 is 14.3 Å². The van der Waals surface area contributed by atoms with Crippen LogP contribution in [0, 0.1) is 0 Å². The lowest BCUT2D eigenvalue weighted by molar-refractivity contribution is 0.00578. The van der Waals surface area contributed by atoms with Gasteiger partial charge in [-0.1, -0.05) is 107 Å². The summed E-state index contributed by atoms with van der Waals surface area (Å²) in [6, 6.07) is 9.55. The Hall–Kier alpha value is -2.66. The lowest BCUT2D eigenvalue weighted by Crippen LogP contribution is -2.41. The van der Waals surface area contributed by atoms with E-state index in [0.29, 0.717) is 55.5 Å². The largest absolute Gasteiger partial charge is 0.509 e. The first-order chi connectivity index (χ1) is 27.7. The smallest absolute Gasteiger partial charge is 0.466 e. The second kappa shape index (κ2) is 20.9. The Morgan fingerprint density at radius 3 is 1.34 bits per heavy atom. The molecule has 9 heteroatoms. The van der Waals surface area contributed by atoms with E-state index in [0.717, 1.165) is 21.8 Å². The molecule has 5 rings (SSSR count). The van der Waals surface area contributed by atoms with Gasteiger partial charge in [-0.3, -0.25) is 0 Å². The molecule has 1 fully saturated rings. The Bertz CT molecular complexity index is 1880. The van der Waals surface area contributed by atoms with Gasteiger partial charge in [-0.2, -0.15) is 0 Å². The van der Waals surface area contributed by atoms with E-state index in [1.165, 1.54) is 50.1 Å². The Balaban J connectivity index is 0.000000273. The average molecular weight is 847 g/mol. The molecule has 0 atom stereocenters. The predicted octanol–water partition coefficient (Wildman–Crippen LogP) is 14.6. The maximum absolute atomic E-state index is 6.42. The fraction of sp³-hybridized carbons (Fsp3) is 0.600. The number of thiophene rings is 2. The minimum Gasteiger partial charge on any atom is -0.466 e. The van der Waals surface area contributed by atoms with Crippen LogP contribution in [0.1, 0.15) is 194 Å². The summed E-state index contributed by atoms with van der Waals surface area (Å²) in [4.78, 5) is 0. The molecule has 0 spiro atoms. The van der Waals surface area contributed by atoms with E-state index < -0.39 is 18.3 Å².